The second-order valence-corrected chi connectivity index (χ2v) is 8.88. The lowest BCUT2D eigenvalue weighted by atomic mass is 9.87. The lowest BCUT2D eigenvalue weighted by molar-refractivity contribution is 0.590. The molecular weight excluding hydrogens is 380 g/mol. The summed E-state index contributed by atoms with van der Waals surface area (Å²) < 4.78 is 1.69. The molecule has 0 bridgehead atoms. The molecule has 0 amide bonds. The normalized spacial score (nSPS) is 11.9. The van der Waals surface area contributed by atoms with Crippen LogP contribution in [0.25, 0.3) is 17.0 Å². The van der Waals surface area contributed by atoms with Crippen molar-refractivity contribution in [2.24, 2.45) is 0 Å². The average molecular weight is 405 g/mol. The lowest BCUT2D eigenvalue weighted by Gasteiger charge is -2.19. The Morgan fingerprint density at radius 3 is 2.31 bits per heavy atom. The fraction of sp³-hybridized carbons (Fsp3) is 0.261. The Hall–Kier alpha value is -2.86. The number of rotatable bonds is 4. The highest BCUT2D eigenvalue weighted by Gasteiger charge is 2.18. The van der Waals surface area contributed by atoms with Crippen LogP contribution in [0.5, 0.6) is 0 Å². The number of nitrogens with one attached hydrogen (secondary N) is 1. The molecule has 0 saturated carbocycles. The molecule has 0 saturated heterocycles. The van der Waals surface area contributed by atoms with Gasteiger partial charge < -0.3 is 0 Å². The average Bonchev–Trinajstić information content (AvgIpc) is 3.03. The molecule has 0 aliphatic carbocycles. The molecule has 2 aromatic heterocycles. The Morgan fingerprint density at radius 1 is 1.00 bits per heavy atom. The predicted molar refractivity (Wildman–Crippen MR) is 119 cm³/mol. The topological polar surface area (TPSA) is 63.0 Å². The second-order valence-electron chi connectivity index (χ2n) is 8.10. The molecule has 0 aliphatic heterocycles. The number of aromatic amines is 1. The monoisotopic (exact) mass is 404 g/mol. The van der Waals surface area contributed by atoms with Crippen LogP contribution in [0, 0.1) is 0 Å². The van der Waals surface area contributed by atoms with Gasteiger partial charge in [-0.2, -0.15) is 0 Å². The number of thioether (sulfide) groups is 1. The lowest BCUT2D eigenvalue weighted by Crippen LogP contribution is -2.10. The number of hydrogen-bond acceptors (Lipinski definition) is 4. The van der Waals surface area contributed by atoms with E-state index in [2.05, 4.69) is 55.1 Å². The van der Waals surface area contributed by atoms with E-state index >= 15 is 0 Å². The minimum Gasteiger partial charge on any atom is -0.268 e. The van der Waals surface area contributed by atoms with Gasteiger partial charge in [-0.15, -0.1) is 0 Å². The van der Waals surface area contributed by atoms with Gasteiger partial charge in [0.1, 0.15) is 0 Å². The third-order valence-corrected chi connectivity index (χ3v) is 5.63. The molecular formula is C23H24N4OS. The van der Waals surface area contributed by atoms with Gasteiger partial charge in [-0.05, 0) is 22.8 Å². The van der Waals surface area contributed by atoms with Crippen molar-refractivity contribution >= 4 is 17.4 Å². The molecule has 0 fully saturated rings. The Labute approximate surface area is 174 Å². The molecule has 0 atom stereocenters. The van der Waals surface area contributed by atoms with E-state index in [-0.39, 0.29) is 11.0 Å². The zero-order valence-corrected chi connectivity index (χ0v) is 17.9. The van der Waals surface area contributed by atoms with Gasteiger partial charge in [0, 0.05) is 12.0 Å². The van der Waals surface area contributed by atoms with Crippen molar-refractivity contribution in [2.45, 2.75) is 37.8 Å². The highest BCUT2D eigenvalue weighted by atomic mass is 32.2. The first kappa shape index (κ1) is 19.5. The Kier molecular flexibility index (Phi) is 5.04. The number of hydrogen-bond donors (Lipinski definition) is 1. The maximum atomic E-state index is 12.7. The Morgan fingerprint density at radius 2 is 1.69 bits per heavy atom. The van der Waals surface area contributed by atoms with Crippen LogP contribution in [-0.2, 0) is 11.8 Å². The second kappa shape index (κ2) is 7.52. The van der Waals surface area contributed by atoms with Crippen LogP contribution < -0.4 is 5.56 Å². The molecule has 0 aliphatic rings. The summed E-state index contributed by atoms with van der Waals surface area (Å²) in [5.41, 5.74) is 4.52. The number of benzene rings is 2. The number of nitrogens with zero attached hydrogens (tertiary/aromatic N) is 3. The van der Waals surface area contributed by atoms with Gasteiger partial charge in [-0.3, -0.25) is 9.89 Å². The van der Waals surface area contributed by atoms with Crippen molar-refractivity contribution in [1.82, 2.24) is 19.6 Å². The third kappa shape index (κ3) is 3.85. The van der Waals surface area contributed by atoms with E-state index in [1.54, 1.807) is 4.52 Å². The summed E-state index contributed by atoms with van der Waals surface area (Å²) in [6.45, 7) is 6.58. The van der Waals surface area contributed by atoms with E-state index in [0.717, 1.165) is 11.1 Å². The summed E-state index contributed by atoms with van der Waals surface area (Å²) in [5.74, 6) is 0.628. The van der Waals surface area contributed by atoms with Gasteiger partial charge in [-0.1, -0.05) is 87.1 Å². The van der Waals surface area contributed by atoms with Gasteiger partial charge >= 0.3 is 0 Å². The predicted octanol–water partition coefficient (Wildman–Crippen LogP) is 4.69. The molecule has 4 rings (SSSR count). The summed E-state index contributed by atoms with van der Waals surface area (Å²) in [7, 11) is 0. The highest BCUT2D eigenvalue weighted by molar-refractivity contribution is 7.98. The maximum absolute atomic E-state index is 12.7. The van der Waals surface area contributed by atoms with Crippen molar-refractivity contribution < 1.29 is 0 Å². The summed E-state index contributed by atoms with van der Waals surface area (Å²) >= 11 is 1.48. The van der Waals surface area contributed by atoms with Crippen LogP contribution in [0.15, 0.2) is 64.5 Å². The van der Waals surface area contributed by atoms with Crippen molar-refractivity contribution in [3.8, 4) is 11.4 Å². The molecule has 0 spiro atoms. The largest absolute Gasteiger partial charge is 0.270 e. The van der Waals surface area contributed by atoms with Crippen LogP contribution in [0.1, 0.15) is 37.5 Å². The first-order valence-electron chi connectivity index (χ1n) is 9.57. The molecule has 4 aromatic rings. The minimum atomic E-state index is -0.126. The van der Waals surface area contributed by atoms with E-state index in [1.165, 1.54) is 17.3 Å². The number of H-pyrrole nitrogens is 1. The van der Waals surface area contributed by atoms with Crippen molar-refractivity contribution in [2.75, 3.05) is 6.26 Å². The Bertz CT molecular complexity index is 1200. The zero-order valence-electron chi connectivity index (χ0n) is 17.1. The molecule has 6 heteroatoms. The van der Waals surface area contributed by atoms with Crippen molar-refractivity contribution in [3.05, 3.63) is 81.6 Å². The molecule has 0 radical (unpaired) electrons. The first-order chi connectivity index (χ1) is 13.9. The molecule has 1 N–H and O–H groups in total. The van der Waals surface area contributed by atoms with Crippen LogP contribution in [0.4, 0.5) is 0 Å². The van der Waals surface area contributed by atoms with E-state index in [9.17, 15) is 4.79 Å². The van der Waals surface area contributed by atoms with Crippen molar-refractivity contribution in [3.63, 3.8) is 0 Å². The van der Waals surface area contributed by atoms with E-state index in [4.69, 9.17) is 4.98 Å². The summed E-state index contributed by atoms with van der Waals surface area (Å²) in [6, 6.07) is 18.3. The van der Waals surface area contributed by atoms with Crippen LogP contribution in [0.2, 0.25) is 0 Å². The first-order valence-corrected chi connectivity index (χ1v) is 10.8. The summed E-state index contributed by atoms with van der Waals surface area (Å²) in [5, 5.41) is 3.60. The van der Waals surface area contributed by atoms with Gasteiger partial charge in [0.15, 0.2) is 16.6 Å². The number of aromatic nitrogens is 4. The van der Waals surface area contributed by atoms with Gasteiger partial charge in [-0.25, -0.2) is 14.5 Å². The highest BCUT2D eigenvalue weighted by Crippen LogP contribution is 2.26. The van der Waals surface area contributed by atoms with E-state index in [0.29, 0.717) is 28.6 Å². The van der Waals surface area contributed by atoms with Gasteiger partial charge in [0.2, 0.25) is 0 Å². The third-order valence-electron chi connectivity index (χ3n) is 4.99. The smallest absolute Gasteiger partial charge is 0.268 e. The summed E-state index contributed by atoms with van der Waals surface area (Å²) in [6.07, 6.45) is 2.48. The maximum Gasteiger partial charge on any atom is 0.270 e. The zero-order chi connectivity index (χ0) is 20.6. The van der Waals surface area contributed by atoms with E-state index in [1.807, 2.05) is 36.6 Å². The van der Waals surface area contributed by atoms with Gasteiger partial charge in [0.25, 0.3) is 5.56 Å². The minimum absolute atomic E-state index is 0.0879. The molecule has 0 unspecified atom stereocenters. The van der Waals surface area contributed by atoms with Crippen LogP contribution >= 0.6 is 11.8 Å². The van der Waals surface area contributed by atoms with Crippen molar-refractivity contribution in [1.29, 1.82) is 0 Å². The Balaban J connectivity index is 1.84. The molecule has 148 valence electrons. The fourth-order valence-corrected chi connectivity index (χ4v) is 3.82. The van der Waals surface area contributed by atoms with Crippen LogP contribution in [-0.4, -0.2) is 25.8 Å². The molecule has 29 heavy (non-hydrogen) atoms. The van der Waals surface area contributed by atoms with Gasteiger partial charge in [0.05, 0.1) is 5.56 Å². The molecule has 2 heterocycles. The number of fused-ring (bicyclic) bond motifs is 1. The fourth-order valence-electron chi connectivity index (χ4n) is 3.32. The van der Waals surface area contributed by atoms with E-state index < -0.39 is 0 Å². The molecule has 5 nitrogen and oxygen atoms in total. The van der Waals surface area contributed by atoms with Crippen LogP contribution in [0.3, 0.4) is 0 Å². The standard InChI is InChI=1S/C23H24N4OS/c1-23(2,3)17-12-10-16(11-13-17)19-24-20-18(14-15-8-6-5-7-9-15)21(28)26-27(20)22(25-19)29-4/h5-13H,14H2,1-4H3,(H,26,28). The summed E-state index contributed by atoms with van der Waals surface area (Å²) in [4.78, 5) is 22.1. The SMILES string of the molecule is CSc1nc(-c2ccc(C(C)(C)C)cc2)nc2c(Cc3ccccc3)c(=O)[nH]n12. The molecule has 2 aromatic carbocycles. The quantitative estimate of drug-likeness (QED) is 0.501.